The topological polar surface area (TPSA) is 12.0 Å². The molecule has 2 unspecified atom stereocenters. The number of rotatable bonds is 4. The Labute approximate surface area is 128 Å². The summed E-state index contributed by atoms with van der Waals surface area (Å²) in [5.41, 5.74) is 2.40. The molecule has 0 spiro atoms. The van der Waals surface area contributed by atoms with Crippen molar-refractivity contribution in [1.82, 2.24) is 5.32 Å². The predicted octanol–water partition coefficient (Wildman–Crippen LogP) is 4.32. The van der Waals surface area contributed by atoms with Crippen LogP contribution >= 0.6 is 22.6 Å². The molecular weight excluding hydrogens is 345 g/mol. The van der Waals surface area contributed by atoms with Gasteiger partial charge in [-0.3, -0.25) is 5.32 Å². The molecule has 0 heterocycles. The van der Waals surface area contributed by atoms with Crippen LogP contribution in [0.4, 0.5) is 0 Å². The lowest BCUT2D eigenvalue weighted by molar-refractivity contribution is 0.535. The van der Waals surface area contributed by atoms with Gasteiger partial charge in [-0.25, -0.2) is 0 Å². The van der Waals surface area contributed by atoms with Crippen LogP contribution in [0.3, 0.4) is 0 Å². The Bertz CT molecular complexity index is 571. The molecule has 2 aromatic rings. The summed E-state index contributed by atoms with van der Waals surface area (Å²) in [4.78, 5) is 0. The summed E-state index contributed by atoms with van der Waals surface area (Å²) in [7, 11) is 0. The monoisotopic (exact) mass is 361 g/mol. The van der Waals surface area contributed by atoms with Crippen LogP contribution in [0.5, 0.6) is 0 Å². The molecule has 2 aromatic carbocycles. The average molecular weight is 361 g/mol. The normalized spacial score (nSPS) is 13.5. The van der Waals surface area contributed by atoms with Gasteiger partial charge in [-0.1, -0.05) is 54.5 Å². The minimum absolute atomic E-state index is 0.0628. The van der Waals surface area contributed by atoms with E-state index >= 15 is 0 Å². The molecule has 2 atom stereocenters. The third-order valence-electron chi connectivity index (χ3n) is 3.09. The average Bonchev–Trinajstić information content (AvgIpc) is 2.46. The summed E-state index contributed by atoms with van der Waals surface area (Å²) in [5, 5.41) is 3.50. The first-order valence-corrected chi connectivity index (χ1v) is 7.32. The molecule has 19 heavy (non-hydrogen) atoms. The molecule has 0 amide bonds. The van der Waals surface area contributed by atoms with E-state index in [4.69, 9.17) is 6.42 Å². The minimum Gasteiger partial charge on any atom is -0.293 e. The molecule has 1 nitrogen and oxygen atoms in total. The van der Waals surface area contributed by atoms with Crippen LogP contribution in [0.15, 0.2) is 54.6 Å². The zero-order chi connectivity index (χ0) is 13.7. The van der Waals surface area contributed by atoms with E-state index < -0.39 is 0 Å². The first-order valence-electron chi connectivity index (χ1n) is 6.24. The molecule has 0 aromatic heterocycles. The quantitative estimate of drug-likeness (QED) is 0.632. The van der Waals surface area contributed by atoms with Crippen molar-refractivity contribution in [3.63, 3.8) is 0 Å². The van der Waals surface area contributed by atoms with E-state index in [2.05, 4.69) is 71.1 Å². The molecule has 0 saturated heterocycles. The molecule has 0 aliphatic carbocycles. The zero-order valence-electron chi connectivity index (χ0n) is 10.8. The number of halogens is 1. The Morgan fingerprint density at radius 3 is 2.32 bits per heavy atom. The molecule has 96 valence electrons. The number of benzene rings is 2. The van der Waals surface area contributed by atoms with Crippen LogP contribution in [-0.2, 0) is 0 Å². The second-order valence-electron chi connectivity index (χ2n) is 4.42. The highest BCUT2D eigenvalue weighted by molar-refractivity contribution is 14.1. The van der Waals surface area contributed by atoms with Crippen LogP contribution in [-0.4, -0.2) is 0 Å². The van der Waals surface area contributed by atoms with Crippen LogP contribution in [0.25, 0.3) is 0 Å². The van der Waals surface area contributed by atoms with E-state index in [1.807, 2.05) is 24.3 Å². The van der Waals surface area contributed by atoms with E-state index in [1.54, 1.807) is 0 Å². The summed E-state index contributed by atoms with van der Waals surface area (Å²) < 4.78 is 1.25. The molecular formula is C17H16IN. The van der Waals surface area contributed by atoms with Crippen molar-refractivity contribution < 1.29 is 0 Å². The largest absolute Gasteiger partial charge is 0.293 e. The molecule has 0 radical (unpaired) electrons. The number of hydrogen-bond acceptors (Lipinski definition) is 1. The third-order valence-corrected chi connectivity index (χ3v) is 4.07. The van der Waals surface area contributed by atoms with Crippen molar-refractivity contribution in [3.05, 3.63) is 69.3 Å². The molecule has 0 aliphatic rings. The second kappa shape index (κ2) is 6.74. The summed E-state index contributed by atoms with van der Waals surface area (Å²) in [6.45, 7) is 2.14. The summed E-state index contributed by atoms with van der Waals surface area (Å²) >= 11 is 2.36. The van der Waals surface area contributed by atoms with Gasteiger partial charge in [-0.05, 0) is 46.7 Å². The van der Waals surface area contributed by atoms with E-state index in [1.165, 1.54) is 9.13 Å². The van der Waals surface area contributed by atoms with Crippen LogP contribution in [0.2, 0.25) is 0 Å². The molecule has 0 bridgehead atoms. The molecule has 2 heteroatoms. The summed E-state index contributed by atoms with van der Waals surface area (Å²) in [6, 6.07) is 18.6. The van der Waals surface area contributed by atoms with Crippen LogP contribution in [0.1, 0.15) is 30.1 Å². The van der Waals surface area contributed by atoms with E-state index in [0.29, 0.717) is 0 Å². The van der Waals surface area contributed by atoms with Gasteiger partial charge in [0, 0.05) is 9.61 Å². The fourth-order valence-electron chi connectivity index (χ4n) is 2.05. The first-order chi connectivity index (χ1) is 9.22. The van der Waals surface area contributed by atoms with Crippen molar-refractivity contribution in [2.24, 2.45) is 0 Å². The zero-order valence-corrected chi connectivity index (χ0v) is 13.0. The van der Waals surface area contributed by atoms with Crippen molar-refractivity contribution in [2.75, 3.05) is 0 Å². The highest BCUT2D eigenvalue weighted by Crippen LogP contribution is 2.23. The van der Waals surface area contributed by atoms with Gasteiger partial charge in [0.15, 0.2) is 0 Å². The lowest BCUT2D eigenvalue weighted by atomic mass is 10.0. The third kappa shape index (κ3) is 3.59. The fourth-order valence-corrected chi connectivity index (χ4v) is 2.91. The van der Waals surface area contributed by atoms with Gasteiger partial charge in [0.05, 0.1) is 6.04 Å². The maximum Gasteiger partial charge on any atom is 0.0947 e. The predicted molar refractivity (Wildman–Crippen MR) is 88.7 cm³/mol. The van der Waals surface area contributed by atoms with Crippen molar-refractivity contribution in [1.29, 1.82) is 0 Å². The van der Waals surface area contributed by atoms with Gasteiger partial charge in [0.1, 0.15) is 0 Å². The lowest BCUT2D eigenvalue weighted by Gasteiger charge is -2.21. The lowest BCUT2D eigenvalue weighted by Crippen LogP contribution is -2.24. The van der Waals surface area contributed by atoms with Gasteiger partial charge in [-0.2, -0.15) is 0 Å². The van der Waals surface area contributed by atoms with Gasteiger partial charge in [0.25, 0.3) is 0 Å². The maximum atomic E-state index is 5.65. The minimum atomic E-state index is -0.0628. The standard InChI is InChI=1S/C17H16IN/c1-3-17(14-9-5-4-6-10-14)19-13(2)15-11-7-8-12-16(15)18/h1,4-13,17,19H,2H3. The van der Waals surface area contributed by atoms with Gasteiger partial charge < -0.3 is 0 Å². The number of terminal acetylenes is 1. The number of nitrogens with one attached hydrogen (secondary N) is 1. The summed E-state index contributed by atoms with van der Waals surface area (Å²) in [5.74, 6) is 2.82. The van der Waals surface area contributed by atoms with E-state index in [0.717, 1.165) is 5.56 Å². The Morgan fingerprint density at radius 2 is 1.68 bits per heavy atom. The van der Waals surface area contributed by atoms with Gasteiger partial charge in [-0.15, -0.1) is 6.42 Å². The van der Waals surface area contributed by atoms with E-state index in [-0.39, 0.29) is 12.1 Å². The Morgan fingerprint density at radius 1 is 1.05 bits per heavy atom. The highest BCUT2D eigenvalue weighted by Gasteiger charge is 2.14. The van der Waals surface area contributed by atoms with Crippen molar-refractivity contribution in [2.45, 2.75) is 19.0 Å². The fraction of sp³-hybridized carbons (Fsp3) is 0.176. The van der Waals surface area contributed by atoms with Gasteiger partial charge in [0.2, 0.25) is 0 Å². The first kappa shape index (κ1) is 14.1. The molecule has 0 saturated carbocycles. The van der Waals surface area contributed by atoms with Crippen molar-refractivity contribution in [3.8, 4) is 12.3 Å². The van der Waals surface area contributed by atoms with Crippen LogP contribution < -0.4 is 5.32 Å². The molecule has 2 rings (SSSR count). The Kier molecular flexibility index (Phi) is 5.00. The van der Waals surface area contributed by atoms with Gasteiger partial charge >= 0.3 is 0 Å². The van der Waals surface area contributed by atoms with Crippen LogP contribution in [0, 0.1) is 15.9 Å². The second-order valence-corrected chi connectivity index (χ2v) is 5.58. The maximum absolute atomic E-state index is 5.65. The van der Waals surface area contributed by atoms with Crippen molar-refractivity contribution >= 4 is 22.6 Å². The molecule has 0 fully saturated rings. The molecule has 0 aliphatic heterocycles. The number of hydrogen-bond donors (Lipinski definition) is 1. The molecule has 1 N–H and O–H groups in total. The Balaban J connectivity index is 2.16. The highest BCUT2D eigenvalue weighted by atomic mass is 127. The Hall–Kier alpha value is -1.31. The van der Waals surface area contributed by atoms with E-state index in [9.17, 15) is 0 Å². The summed E-state index contributed by atoms with van der Waals surface area (Å²) in [6.07, 6.45) is 5.65. The SMILES string of the molecule is C#CC(NC(C)c1ccccc1I)c1ccccc1. The smallest absolute Gasteiger partial charge is 0.0947 e.